The maximum atomic E-state index is 12.5. The van der Waals surface area contributed by atoms with Crippen molar-refractivity contribution in [3.63, 3.8) is 0 Å². The van der Waals surface area contributed by atoms with E-state index in [4.69, 9.17) is 10.5 Å². The van der Waals surface area contributed by atoms with Crippen LogP contribution in [0.1, 0.15) is 41.7 Å². The predicted molar refractivity (Wildman–Crippen MR) is 126 cm³/mol. The Labute approximate surface area is 193 Å². The van der Waals surface area contributed by atoms with Gasteiger partial charge in [-0.15, -0.1) is 0 Å². The molecule has 0 aliphatic heterocycles. The van der Waals surface area contributed by atoms with Gasteiger partial charge in [0.15, 0.2) is 12.4 Å². The van der Waals surface area contributed by atoms with Crippen LogP contribution >= 0.6 is 0 Å². The average molecular weight is 446 g/mol. The Hall–Kier alpha value is -4.19. The molecule has 0 unspecified atom stereocenters. The van der Waals surface area contributed by atoms with Gasteiger partial charge in [0.1, 0.15) is 11.6 Å². The van der Waals surface area contributed by atoms with E-state index >= 15 is 0 Å². The SMILES string of the molecule is CCCn1c(C)cc(C=C(C#N)C(=O)OCc2nc(N)nc(Nc3ccccc3C)n2)c1C. The lowest BCUT2D eigenvalue weighted by atomic mass is 10.1. The monoisotopic (exact) mass is 445 g/mol. The molecule has 3 N–H and O–H groups in total. The average Bonchev–Trinajstić information content (AvgIpc) is 3.04. The molecule has 9 heteroatoms. The standard InChI is InChI=1S/C24H27N7O2/c1-5-10-31-16(3)11-18(17(31)4)12-19(13-25)22(32)33-14-21-28-23(26)30-24(29-21)27-20-9-7-6-8-15(20)2/h6-9,11-12H,5,10,14H2,1-4H3,(H3,26,27,28,29,30). The summed E-state index contributed by atoms with van der Waals surface area (Å²) in [4.78, 5) is 24.9. The third-order valence-corrected chi connectivity index (χ3v) is 5.12. The number of nitrogens with zero attached hydrogens (tertiary/aromatic N) is 5. The molecular weight excluding hydrogens is 418 g/mol. The summed E-state index contributed by atoms with van der Waals surface area (Å²) in [5.74, 6) is -0.357. The third-order valence-electron chi connectivity index (χ3n) is 5.12. The Kier molecular flexibility index (Phi) is 7.41. The Morgan fingerprint density at radius 2 is 2.00 bits per heavy atom. The number of anilines is 3. The van der Waals surface area contributed by atoms with Gasteiger partial charge >= 0.3 is 5.97 Å². The van der Waals surface area contributed by atoms with Crippen LogP contribution in [0.2, 0.25) is 0 Å². The number of para-hydroxylation sites is 1. The first kappa shape index (κ1) is 23.5. The number of benzene rings is 1. The third kappa shape index (κ3) is 5.74. The van der Waals surface area contributed by atoms with E-state index in [0.717, 1.165) is 41.2 Å². The molecule has 0 saturated carbocycles. The first-order chi connectivity index (χ1) is 15.8. The van der Waals surface area contributed by atoms with E-state index in [1.807, 2.05) is 57.2 Å². The number of nitriles is 1. The van der Waals surface area contributed by atoms with Crippen molar-refractivity contribution in [3.05, 3.63) is 64.2 Å². The molecule has 33 heavy (non-hydrogen) atoms. The molecule has 0 bridgehead atoms. The van der Waals surface area contributed by atoms with E-state index in [9.17, 15) is 10.1 Å². The number of nitrogens with two attached hydrogens (primary N) is 1. The number of esters is 1. The number of ether oxygens (including phenoxy) is 1. The first-order valence-corrected chi connectivity index (χ1v) is 10.6. The Bertz CT molecular complexity index is 1240. The lowest BCUT2D eigenvalue weighted by Gasteiger charge is -2.09. The molecule has 2 heterocycles. The van der Waals surface area contributed by atoms with E-state index in [0.29, 0.717) is 0 Å². The van der Waals surface area contributed by atoms with Crippen LogP contribution in [0, 0.1) is 32.1 Å². The van der Waals surface area contributed by atoms with Gasteiger partial charge in [0.2, 0.25) is 11.9 Å². The minimum absolute atomic E-state index is 0.00783. The minimum atomic E-state index is -0.759. The summed E-state index contributed by atoms with van der Waals surface area (Å²) < 4.78 is 7.44. The molecule has 0 saturated heterocycles. The zero-order valence-electron chi connectivity index (χ0n) is 19.2. The summed E-state index contributed by atoms with van der Waals surface area (Å²) in [5.41, 5.74) is 10.4. The number of carbonyl (C=O) groups excluding carboxylic acids is 1. The van der Waals surface area contributed by atoms with E-state index < -0.39 is 5.97 Å². The maximum Gasteiger partial charge on any atom is 0.349 e. The van der Waals surface area contributed by atoms with Crippen LogP contribution < -0.4 is 11.1 Å². The molecule has 0 aliphatic rings. The van der Waals surface area contributed by atoms with Crippen molar-refractivity contribution in [1.82, 2.24) is 19.5 Å². The highest BCUT2D eigenvalue weighted by atomic mass is 16.5. The minimum Gasteiger partial charge on any atom is -0.453 e. The first-order valence-electron chi connectivity index (χ1n) is 10.6. The molecule has 3 aromatic rings. The van der Waals surface area contributed by atoms with Crippen molar-refractivity contribution in [2.75, 3.05) is 11.1 Å². The van der Waals surface area contributed by atoms with Crippen molar-refractivity contribution in [2.45, 2.75) is 47.3 Å². The Morgan fingerprint density at radius 1 is 1.24 bits per heavy atom. The molecule has 9 nitrogen and oxygen atoms in total. The quantitative estimate of drug-likeness (QED) is 0.302. The molecule has 2 aromatic heterocycles. The van der Waals surface area contributed by atoms with E-state index in [2.05, 4.69) is 31.8 Å². The molecule has 0 radical (unpaired) electrons. The summed E-state index contributed by atoms with van der Waals surface area (Å²) in [5, 5.41) is 12.6. The second-order valence-electron chi connectivity index (χ2n) is 7.60. The van der Waals surface area contributed by atoms with Crippen molar-refractivity contribution in [1.29, 1.82) is 5.26 Å². The molecule has 0 amide bonds. The number of hydrogen-bond donors (Lipinski definition) is 2. The number of rotatable bonds is 8. The second kappa shape index (κ2) is 10.4. The number of nitrogens with one attached hydrogen (secondary N) is 1. The highest BCUT2D eigenvalue weighted by Crippen LogP contribution is 2.20. The van der Waals surface area contributed by atoms with Gasteiger partial charge in [0.05, 0.1) is 0 Å². The van der Waals surface area contributed by atoms with Gasteiger partial charge in [-0.3, -0.25) is 0 Å². The van der Waals surface area contributed by atoms with Gasteiger partial charge in [-0.25, -0.2) is 4.79 Å². The fourth-order valence-electron chi connectivity index (χ4n) is 3.43. The zero-order valence-corrected chi connectivity index (χ0v) is 19.2. The van der Waals surface area contributed by atoms with Crippen LogP contribution in [-0.4, -0.2) is 25.5 Å². The largest absolute Gasteiger partial charge is 0.453 e. The zero-order chi connectivity index (χ0) is 24.0. The maximum absolute atomic E-state index is 12.5. The van der Waals surface area contributed by atoms with Crippen molar-refractivity contribution < 1.29 is 9.53 Å². The lowest BCUT2D eigenvalue weighted by Crippen LogP contribution is -2.12. The van der Waals surface area contributed by atoms with Gasteiger partial charge in [-0.05, 0) is 56.5 Å². The summed E-state index contributed by atoms with van der Waals surface area (Å²) in [6.07, 6.45) is 2.53. The number of aryl methyl sites for hydroxylation is 2. The highest BCUT2D eigenvalue weighted by Gasteiger charge is 2.15. The van der Waals surface area contributed by atoms with Crippen molar-refractivity contribution >= 4 is 29.6 Å². The summed E-state index contributed by atoms with van der Waals surface area (Å²) >= 11 is 0. The van der Waals surface area contributed by atoms with Crippen LogP contribution in [0.4, 0.5) is 17.6 Å². The van der Waals surface area contributed by atoms with Gasteiger partial charge in [0.25, 0.3) is 0 Å². The number of carbonyl (C=O) groups is 1. The molecule has 0 spiro atoms. The number of nitrogen functional groups attached to an aromatic ring is 1. The molecule has 3 rings (SSSR count). The molecular formula is C24H27N7O2. The van der Waals surface area contributed by atoms with Crippen LogP contribution in [-0.2, 0) is 22.7 Å². The van der Waals surface area contributed by atoms with E-state index in [-0.39, 0.29) is 29.9 Å². The van der Waals surface area contributed by atoms with Crippen LogP contribution in [0.25, 0.3) is 6.08 Å². The Morgan fingerprint density at radius 3 is 2.70 bits per heavy atom. The van der Waals surface area contributed by atoms with Crippen molar-refractivity contribution in [3.8, 4) is 6.07 Å². The lowest BCUT2D eigenvalue weighted by molar-refractivity contribution is -0.139. The predicted octanol–water partition coefficient (Wildman–Crippen LogP) is 3.98. The molecule has 170 valence electrons. The Balaban J connectivity index is 1.74. The topological polar surface area (TPSA) is 132 Å². The molecule has 1 aromatic carbocycles. The number of hydrogen-bond acceptors (Lipinski definition) is 8. The van der Waals surface area contributed by atoms with Gasteiger partial charge in [-0.1, -0.05) is 25.1 Å². The summed E-state index contributed by atoms with van der Waals surface area (Å²) in [6, 6.07) is 11.5. The van der Waals surface area contributed by atoms with Gasteiger partial charge < -0.3 is 20.4 Å². The second-order valence-corrected chi connectivity index (χ2v) is 7.60. The van der Waals surface area contributed by atoms with Crippen LogP contribution in [0.15, 0.2) is 35.9 Å². The van der Waals surface area contributed by atoms with Crippen LogP contribution in [0.5, 0.6) is 0 Å². The number of aromatic nitrogens is 4. The molecule has 0 fully saturated rings. The van der Waals surface area contributed by atoms with Crippen LogP contribution in [0.3, 0.4) is 0 Å². The fraction of sp³-hybridized carbons (Fsp3) is 0.292. The summed E-state index contributed by atoms with van der Waals surface area (Å²) in [7, 11) is 0. The van der Waals surface area contributed by atoms with Gasteiger partial charge in [-0.2, -0.15) is 20.2 Å². The normalized spacial score (nSPS) is 11.2. The molecule has 0 aliphatic carbocycles. The van der Waals surface area contributed by atoms with E-state index in [1.165, 1.54) is 0 Å². The molecule has 0 atom stereocenters. The summed E-state index contributed by atoms with van der Waals surface area (Å²) in [6.45, 7) is 8.64. The fourth-order valence-corrected chi connectivity index (χ4v) is 3.43. The smallest absolute Gasteiger partial charge is 0.349 e. The van der Waals surface area contributed by atoms with Gasteiger partial charge in [0, 0.05) is 23.6 Å². The van der Waals surface area contributed by atoms with E-state index in [1.54, 1.807) is 6.08 Å². The highest BCUT2D eigenvalue weighted by molar-refractivity contribution is 5.98. The van der Waals surface area contributed by atoms with Crippen molar-refractivity contribution in [2.24, 2.45) is 0 Å².